The van der Waals surface area contributed by atoms with Crippen molar-refractivity contribution in [1.29, 1.82) is 0 Å². The summed E-state index contributed by atoms with van der Waals surface area (Å²) in [6.07, 6.45) is 2.15. The van der Waals surface area contributed by atoms with Gasteiger partial charge in [0.1, 0.15) is 16.3 Å². The highest BCUT2D eigenvalue weighted by Crippen LogP contribution is 2.46. The quantitative estimate of drug-likeness (QED) is 0.290. The van der Waals surface area contributed by atoms with Gasteiger partial charge in [-0.25, -0.2) is 4.79 Å². The van der Waals surface area contributed by atoms with Gasteiger partial charge in [-0.15, -0.1) is 0 Å². The molecule has 5 nitrogen and oxygen atoms in total. The van der Waals surface area contributed by atoms with Crippen LogP contribution in [0.25, 0.3) is 0 Å². The van der Waals surface area contributed by atoms with Crippen molar-refractivity contribution in [2.45, 2.75) is 82.3 Å². The number of aliphatic hydroxyl groups is 1. The molecule has 0 saturated carbocycles. The molecule has 0 aromatic heterocycles. The summed E-state index contributed by atoms with van der Waals surface area (Å²) in [6.45, 7) is 7.86. The summed E-state index contributed by atoms with van der Waals surface area (Å²) in [5, 5.41) is 11.1. The van der Waals surface area contributed by atoms with Gasteiger partial charge in [0.25, 0.3) is 0 Å². The van der Waals surface area contributed by atoms with E-state index in [1.807, 2.05) is 68.4 Å². The molecule has 1 aliphatic heterocycles. The number of ether oxygens (including phenoxy) is 2. The van der Waals surface area contributed by atoms with E-state index in [9.17, 15) is 14.7 Å². The fraction of sp³-hybridized carbons (Fsp3) is 0.429. The third-order valence-electron chi connectivity index (χ3n) is 5.82. The van der Waals surface area contributed by atoms with E-state index in [0.717, 1.165) is 16.0 Å². The lowest BCUT2D eigenvalue weighted by Crippen LogP contribution is -2.37. The first-order chi connectivity index (χ1) is 16.2. The lowest BCUT2D eigenvalue weighted by atomic mass is 9.83. The smallest absolute Gasteiger partial charge is 0.349 e. The van der Waals surface area contributed by atoms with Gasteiger partial charge in [0.2, 0.25) is 0 Å². The Morgan fingerprint density at radius 1 is 1.06 bits per heavy atom. The van der Waals surface area contributed by atoms with Crippen LogP contribution in [0.2, 0.25) is 0 Å². The Balaban J connectivity index is 1.81. The molecule has 2 aromatic rings. The molecule has 1 aliphatic rings. The van der Waals surface area contributed by atoms with Crippen LogP contribution in [0.3, 0.4) is 0 Å². The molecule has 34 heavy (non-hydrogen) atoms. The number of rotatable bonds is 10. The highest BCUT2D eigenvalue weighted by atomic mass is 32.2. The molecule has 1 atom stereocenters. The molecule has 3 rings (SSSR count). The normalized spacial score (nSPS) is 18.4. The van der Waals surface area contributed by atoms with Crippen LogP contribution in [-0.4, -0.2) is 23.1 Å². The average molecular weight is 483 g/mol. The number of hydrogen-bond donors (Lipinski definition) is 1. The van der Waals surface area contributed by atoms with Crippen LogP contribution in [0.4, 0.5) is 0 Å². The zero-order valence-corrected chi connectivity index (χ0v) is 21.2. The Morgan fingerprint density at radius 3 is 2.38 bits per heavy atom. The van der Waals surface area contributed by atoms with E-state index in [1.54, 1.807) is 0 Å². The molecule has 0 fully saturated rings. The first-order valence-corrected chi connectivity index (χ1v) is 12.7. The lowest BCUT2D eigenvalue weighted by Gasteiger charge is -2.37. The van der Waals surface area contributed by atoms with Crippen LogP contribution in [0.1, 0.15) is 76.8 Å². The molecule has 1 heterocycles. The fourth-order valence-corrected chi connectivity index (χ4v) is 5.28. The van der Waals surface area contributed by atoms with Crippen LogP contribution in [0, 0.1) is 0 Å². The number of carbonyl (C=O) groups is 2. The predicted octanol–water partition coefficient (Wildman–Crippen LogP) is 7.03. The van der Waals surface area contributed by atoms with Crippen molar-refractivity contribution >= 4 is 23.7 Å². The molecule has 0 amide bonds. The minimum Gasteiger partial charge on any atom is -0.511 e. The summed E-state index contributed by atoms with van der Waals surface area (Å²) >= 11 is 1.26. The lowest BCUT2D eigenvalue weighted by molar-refractivity contribution is -0.160. The monoisotopic (exact) mass is 482 g/mol. The van der Waals surface area contributed by atoms with Crippen LogP contribution >= 0.6 is 11.8 Å². The summed E-state index contributed by atoms with van der Waals surface area (Å²) in [5.74, 6) is -0.412. The third kappa shape index (κ3) is 6.44. The Kier molecular flexibility index (Phi) is 8.84. The second-order valence-corrected chi connectivity index (χ2v) is 10.3. The van der Waals surface area contributed by atoms with Crippen molar-refractivity contribution in [3.8, 4) is 0 Å². The molecule has 0 bridgehead atoms. The Labute approximate surface area is 206 Å². The van der Waals surface area contributed by atoms with Gasteiger partial charge in [-0.3, -0.25) is 4.79 Å². The minimum absolute atomic E-state index is 0.0443. The van der Waals surface area contributed by atoms with Crippen molar-refractivity contribution in [1.82, 2.24) is 0 Å². The van der Waals surface area contributed by atoms with Crippen LogP contribution in [-0.2, 0) is 24.7 Å². The van der Waals surface area contributed by atoms with E-state index in [0.29, 0.717) is 25.7 Å². The Morgan fingerprint density at radius 2 is 1.74 bits per heavy atom. The van der Waals surface area contributed by atoms with Crippen molar-refractivity contribution in [3.63, 3.8) is 0 Å². The zero-order chi connectivity index (χ0) is 24.7. The number of thioether (sulfide) groups is 1. The van der Waals surface area contributed by atoms with Crippen molar-refractivity contribution in [3.05, 3.63) is 76.4 Å². The standard InChI is InChI=1S/C28H34O5S/c1-19(2)22-14-8-9-15-24(22)34-26-23(29)18-28(33-27(26)31,21-12-6-5-7-13-21)17-11-10-16-25(30)32-20(3)4/h5-9,12-15,19-20,29H,10-11,16-18H2,1-4H3. The van der Waals surface area contributed by atoms with Gasteiger partial charge in [0, 0.05) is 11.3 Å². The van der Waals surface area contributed by atoms with Gasteiger partial charge in [-0.1, -0.05) is 74.1 Å². The molecular formula is C28H34O5S. The van der Waals surface area contributed by atoms with Gasteiger partial charge in [-0.2, -0.15) is 0 Å². The number of aliphatic hydroxyl groups excluding tert-OH is 1. The van der Waals surface area contributed by atoms with Gasteiger partial charge < -0.3 is 14.6 Å². The molecule has 1 unspecified atom stereocenters. The molecule has 0 spiro atoms. The third-order valence-corrected chi connectivity index (χ3v) is 7.02. The maximum atomic E-state index is 13.2. The second-order valence-electron chi connectivity index (χ2n) is 9.24. The molecule has 0 saturated heterocycles. The number of unbranched alkanes of at least 4 members (excludes halogenated alkanes) is 1. The van der Waals surface area contributed by atoms with Gasteiger partial charge >= 0.3 is 11.9 Å². The van der Waals surface area contributed by atoms with E-state index in [-0.39, 0.29) is 35.1 Å². The van der Waals surface area contributed by atoms with E-state index in [2.05, 4.69) is 13.8 Å². The van der Waals surface area contributed by atoms with E-state index in [1.165, 1.54) is 11.8 Å². The van der Waals surface area contributed by atoms with Crippen LogP contribution < -0.4 is 0 Å². The highest BCUT2D eigenvalue weighted by Gasteiger charge is 2.43. The summed E-state index contributed by atoms with van der Waals surface area (Å²) in [7, 11) is 0. The molecule has 0 radical (unpaired) electrons. The van der Waals surface area contributed by atoms with Crippen molar-refractivity contribution in [2.75, 3.05) is 0 Å². The first kappa shape index (κ1) is 25.9. The topological polar surface area (TPSA) is 72.8 Å². The molecule has 6 heteroatoms. The molecule has 1 N–H and O–H groups in total. The number of cyclic esters (lactones) is 1. The Bertz CT molecular complexity index is 1030. The highest BCUT2D eigenvalue weighted by molar-refractivity contribution is 8.04. The summed E-state index contributed by atoms with van der Waals surface area (Å²) in [5.41, 5.74) is 0.992. The van der Waals surface area contributed by atoms with Gasteiger partial charge in [0.05, 0.1) is 12.5 Å². The molecule has 2 aromatic carbocycles. The van der Waals surface area contributed by atoms with E-state index >= 15 is 0 Å². The van der Waals surface area contributed by atoms with Crippen LogP contribution in [0.15, 0.2) is 70.2 Å². The minimum atomic E-state index is -0.966. The fourth-order valence-electron chi connectivity index (χ4n) is 4.18. The van der Waals surface area contributed by atoms with Crippen molar-refractivity contribution < 1.29 is 24.2 Å². The average Bonchev–Trinajstić information content (AvgIpc) is 2.79. The predicted molar refractivity (Wildman–Crippen MR) is 135 cm³/mol. The number of carbonyl (C=O) groups excluding carboxylic acids is 2. The van der Waals surface area contributed by atoms with E-state index in [4.69, 9.17) is 9.47 Å². The number of hydrogen-bond acceptors (Lipinski definition) is 6. The first-order valence-electron chi connectivity index (χ1n) is 11.9. The summed E-state index contributed by atoms with van der Waals surface area (Å²) in [4.78, 5) is 26.3. The maximum absolute atomic E-state index is 13.2. The number of benzene rings is 2. The molecule has 182 valence electrons. The van der Waals surface area contributed by atoms with Gasteiger partial charge in [0.15, 0.2) is 0 Å². The maximum Gasteiger partial charge on any atom is 0.349 e. The van der Waals surface area contributed by atoms with Crippen LogP contribution in [0.5, 0.6) is 0 Å². The number of esters is 2. The summed E-state index contributed by atoms with van der Waals surface area (Å²) in [6, 6.07) is 17.4. The van der Waals surface area contributed by atoms with Gasteiger partial charge in [-0.05, 0) is 56.2 Å². The second kappa shape index (κ2) is 11.6. The molecule has 0 aliphatic carbocycles. The molecular weight excluding hydrogens is 448 g/mol. The zero-order valence-electron chi connectivity index (χ0n) is 20.4. The largest absolute Gasteiger partial charge is 0.511 e. The van der Waals surface area contributed by atoms with E-state index < -0.39 is 11.6 Å². The SMILES string of the molecule is CC(C)OC(=O)CCCCC1(c2ccccc2)CC(O)=C(Sc2ccccc2C(C)C)C(=O)O1. The Hall–Kier alpha value is -2.73. The van der Waals surface area contributed by atoms with Crippen molar-refractivity contribution in [2.24, 2.45) is 0 Å². The summed E-state index contributed by atoms with van der Waals surface area (Å²) < 4.78 is 11.3.